The monoisotopic (exact) mass is 361 g/mol. The first kappa shape index (κ1) is 17.6. The molecule has 1 amide bonds. The number of ether oxygens (including phenoxy) is 2. The van der Waals surface area contributed by atoms with Gasteiger partial charge < -0.3 is 14.8 Å². The van der Waals surface area contributed by atoms with Crippen LogP contribution in [0.2, 0.25) is 0 Å². The summed E-state index contributed by atoms with van der Waals surface area (Å²) in [6, 6.07) is 21.8. The lowest BCUT2D eigenvalue weighted by atomic mass is 10.1. The molecule has 1 aliphatic rings. The first-order chi connectivity index (χ1) is 13.3. The molecule has 138 valence electrons. The van der Waals surface area contributed by atoms with Gasteiger partial charge in [0.05, 0.1) is 6.10 Å². The van der Waals surface area contributed by atoms with Crippen molar-refractivity contribution >= 4 is 16.7 Å². The molecule has 3 aromatic rings. The first-order valence-corrected chi connectivity index (χ1v) is 9.39. The van der Waals surface area contributed by atoms with Gasteiger partial charge in [-0.3, -0.25) is 4.79 Å². The molecule has 1 aliphatic heterocycles. The van der Waals surface area contributed by atoms with Gasteiger partial charge in [-0.1, -0.05) is 48.5 Å². The average Bonchev–Trinajstić information content (AvgIpc) is 3.24. The predicted molar refractivity (Wildman–Crippen MR) is 106 cm³/mol. The Bertz CT molecular complexity index is 909. The molecular formula is C23H23NO3. The molecule has 1 N–H and O–H groups in total. The summed E-state index contributed by atoms with van der Waals surface area (Å²) in [4.78, 5) is 12.2. The molecule has 0 saturated carbocycles. The molecule has 4 rings (SSSR count). The number of benzene rings is 3. The van der Waals surface area contributed by atoms with Crippen LogP contribution in [0.25, 0.3) is 10.8 Å². The Balaban J connectivity index is 1.35. The summed E-state index contributed by atoms with van der Waals surface area (Å²) < 4.78 is 11.5. The van der Waals surface area contributed by atoms with E-state index in [2.05, 4.69) is 23.5 Å². The fraction of sp³-hybridized carbons (Fsp3) is 0.261. The topological polar surface area (TPSA) is 47.6 Å². The number of carbonyl (C=O) groups is 1. The standard InChI is InChI=1S/C23H23NO3/c25-23(24-15-20-7-4-14-26-20)19-12-10-17(11-13-19)16-27-22-9-3-6-18-5-1-2-8-21(18)22/h1-3,5-6,8-13,20H,4,7,14-16H2,(H,24,25)/t20-/m1/s1. The lowest BCUT2D eigenvalue weighted by Gasteiger charge is -2.12. The summed E-state index contributed by atoms with van der Waals surface area (Å²) in [7, 11) is 0. The molecule has 4 heteroatoms. The summed E-state index contributed by atoms with van der Waals surface area (Å²) >= 11 is 0. The van der Waals surface area contributed by atoms with Gasteiger partial charge in [-0.05, 0) is 42.0 Å². The zero-order chi connectivity index (χ0) is 18.5. The van der Waals surface area contributed by atoms with E-state index in [0.29, 0.717) is 18.7 Å². The number of nitrogens with one attached hydrogen (secondary N) is 1. The Kier molecular flexibility index (Phi) is 5.35. The molecule has 0 unspecified atom stereocenters. The van der Waals surface area contributed by atoms with Gasteiger partial charge in [0.15, 0.2) is 0 Å². The zero-order valence-corrected chi connectivity index (χ0v) is 15.2. The van der Waals surface area contributed by atoms with Gasteiger partial charge in [0.25, 0.3) is 5.91 Å². The Morgan fingerprint density at radius 3 is 2.67 bits per heavy atom. The van der Waals surface area contributed by atoms with Crippen LogP contribution >= 0.6 is 0 Å². The van der Waals surface area contributed by atoms with E-state index < -0.39 is 0 Å². The van der Waals surface area contributed by atoms with Crippen molar-refractivity contribution in [2.24, 2.45) is 0 Å². The first-order valence-electron chi connectivity index (χ1n) is 9.39. The second-order valence-corrected chi connectivity index (χ2v) is 6.81. The molecule has 1 heterocycles. The minimum Gasteiger partial charge on any atom is -0.488 e. The van der Waals surface area contributed by atoms with Crippen molar-refractivity contribution < 1.29 is 14.3 Å². The normalized spacial score (nSPS) is 16.4. The van der Waals surface area contributed by atoms with Gasteiger partial charge in [0, 0.05) is 24.1 Å². The molecule has 0 bridgehead atoms. The third-order valence-electron chi connectivity index (χ3n) is 4.87. The quantitative estimate of drug-likeness (QED) is 0.711. The second-order valence-electron chi connectivity index (χ2n) is 6.81. The maximum absolute atomic E-state index is 12.2. The summed E-state index contributed by atoms with van der Waals surface area (Å²) in [6.07, 6.45) is 2.25. The highest BCUT2D eigenvalue weighted by Gasteiger charge is 2.16. The molecule has 0 aliphatic carbocycles. The highest BCUT2D eigenvalue weighted by molar-refractivity contribution is 5.94. The summed E-state index contributed by atoms with van der Waals surface area (Å²) in [5.41, 5.74) is 1.68. The third-order valence-corrected chi connectivity index (χ3v) is 4.87. The van der Waals surface area contributed by atoms with E-state index in [4.69, 9.17) is 9.47 Å². The number of amides is 1. The molecule has 1 fully saturated rings. The van der Waals surface area contributed by atoms with E-state index in [1.54, 1.807) is 0 Å². The van der Waals surface area contributed by atoms with Crippen LogP contribution in [-0.4, -0.2) is 25.2 Å². The Labute approximate surface area is 159 Å². The van der Waals surface area contributed by atoms with E-state index in [9.17, 15) is 4.79 Å². The molecule has 1 atom stereocenters. The van der Waals surface area contributed by atoms with Gasteiger partial charge in [-0.2, -0.15) is 0 Å². The number of hydrogen-bond acceptors (Lipinski definition) is 3. The molecule has 0 spiro atoms. The number of fused-ring (bicyclic) bond motifs is 1. The smallest absolute Gasteiger partial charge is 0.251 e. The maximum Gasteiger partial charge on any atom is 0.251 e. The van der Waals surface area contributed by atoms with Gasteiger partial charge in [-0.15, -0.1) is 0 Å². The number of carbonyl (C=O) groups excluding carboxylic acids is 1. The summed E-state index contributed by atoms with van der Waals surface area (Å²) in [5, 5.41) is 5.21. The van der Waals surface area contributed by atoms with Crippen molar-refractivity contribution in [3.05, 3.63) is 77.9 Å². The van der Waals surface area contributed by atoms with Crippen LogP contribution in [0.1, 0.15) is 28.8 Å². The Morgan fingerprint density at radius 1 is 1.04 bits per heavy atom. The molecular weight excluding hydrogens is 338 g/mol. The second kappa shape index (κ2) is 8.23. The van der Waals surface area contributed by atoms with Crippen molar-refractivity contribution in [1.82, 2.24) is 5.32 Å². The van der Waals surface area contributed by atoms with Gasteiger partial charge in [-0.25, -0.2) is 0 Å². The molecule has 4 nitrogen and oxygen atoms in total. The third kappa shape index (κ3) is 4.29. The summed E-state index contributed by atoms with van der Waals surface area (Å²) in [5.74, 6) is 0.804. The van der Waals surface area contributed by atoms with Crippen LogP contribution in [0.5, 0.6) is 5.75 Å². The number of rotatable bonds is 6. The van der Waals surface area contributed by atoms with Crippen molar-refractivity contribution in [1.29, 1.82) is 0 Å². The van der Waals surface area contributed by atoms with Crippen molar-refractivity contribution in [3.8, 4) is 5.75 Å². The van der Waals surface area contributed by atoms with Gasteiger partial charge in [0.2, 0.25) is 0 Å². The van der Waals surface area contributed by atoms with Crippen LogP contribution in [0.3, 0.4) is 0 Å². The zero-order valence-electron chi connectivity index (χ0n) is 15.2. The van der Waals surface area contributed by atoms with Gasteiger partial charge >= 0.3 is 0 Å². The maximum atomic E-state index is 12.2. The van der Waals surface area contributed by atoms with E-state index in [1.807, 2.05) is 48.5 Å². The Hall–Kier alpha value is -2.85. The van der Waals surface area contributed by atoms with Crippen LogP contribution in [-0.2, 0) is 11.3 Å². The van der Waals surface area contributed by atoms with E-state index in [1.165, 1.54) is 0 Å². The number of hydrogen-bond donors (Lipinski definition) is 1. The SMILES string of the molecule is O=C(NC[C@H]1CCCO1)c1ccc(COc2cccc3ccccc23)cc1. The minimum absolute atomic E-state index is 0.0629. The van der Waals surface area contributed by atoms with Crippen LogP contribution < -0.4 is 10.1 Å². The lowest BCUT2D eigenvalue weighted by molar-refractivity contribution is 0.0857. The minimum atomic E-state index is -0.0629. The summed E-state index contributed by atoms with van der Waals surface area (Å²) in [6.45, 7) is 1.84. The lowest BCUT2D eigenvalue weighted by Crippen LogP contribution is -2.31. The van der Waals surface area contributed by atoms with E-state index in [-0.39, 0.29) is 12.0 Å². The van der Waals surface area contributed by atoms with Crippen molar-refractivity contribution in [2.75, 3.05) is 13.2 Å². The Morgan fingerprint density at radius 2 is 1.85 bits per heavy atom. The molecule has 0 aromatic heterocycles. The highest BCUT2D eigenvalue weighted by atomic mass is 16.5. The van der Waals surface area contributed by atoms with Crippen molar-refractivity contribution in [3.63, 3.8) is 0 Å². The molecule has 27 heavy (non-hydrogen) atoms. The van der Waals surface area contributed by atoms with Crippen LogP contribution in [0.4, 0.5) is 0 Å². The van der Waals surface area contributed by atoms with Crippen LogP contribution in [0.15, 0.2) is 66.7 Å². The highest BCUT2D eigenvalue weighted by Crippen LogP contribution is 2.26. The van der Waals surface area contributed by atoms with Gasteiger partial charge in [0.1, 0.15) is 12.4 Å². The fourth-order valence-corrected chi connectivity index (χ4v) is 3.35. The fourth-order valence-electron chi connectivity index (χ4n) is 3.35. The molecule has 1 saturated heterocycles. The van der Waals surface area contributed by atoms with E-state index in [0.717, 1.165) is 41.5 Å². The molecule has 0 radical (unpaired) electrons. The predicted octanol–water partition coefficient (Wildman–Crippen LogP) is 4.33. The van der Waals surface area contributed by atoms with E-state index >= 15 is 0 Å². The van der Waals surface area contributed by atoms with Crippen LogP contribution in [0, 0.1) is 0 Å². The average molecular weight is 361 g/mol. The molecule has 3 aromatic carbocycles. The van der Waals surface area contributed by atoms with Crippen molar-refractivity contribution in [2.45, 2.75) is 25.6 Å². The largest absolute Gasteiger partial charge is 0.488 e.